The number of nitrogens with two attached hydrogens (primary N) is 1. The summed E-state index contributed by atoms with van der Waals surface area (Å²) in [6.45, 7) is 1.36. The van der Waals surface area contributed by atoms with Gasteiger partial charge < -0.3 is 15.8 Å². The molecule has 1 amide bonds. The van der Waals surface area contributed by atoms with E-state index in [0.717, 1.165) is 36.9 Å². The van der Waals surface area contributed by atoms with Crippen LogP contribution in [0.5, 0.6) is 5.75 Å². The number of fused-ring (bicyclic) bond motifs is 1. The third-order valence-electron chi connectivity index (χ3n) is 4.26. The van der Waals surface area contributed by atoms with Crippen molar-refractivity contribution in [3.8, 4) is 5.75 Å². The van der Waals surface area contributed by atoms with Crippen molar-refractivity contribution in [1.29, 1.82) is 0 Å². The van der Waals surface area contributed by atoms with Crippen LogP contribution in [-0.4, -0.2) is 19.1 Å². The second kappa shape index (κ2) is 7.45. The lowest BCUT2D eigenvalue weighted by Crippen LogP contribution is -2.23. The van der Waals surface area contributed by atoms with Crippen LogP contribution in [0, 0.1) is 5.82 Å². The first-order valence-corrected chi connectivity index (χ1v) is 8.18. The van der Waals surface area contributed by atoms with Gasteiger partial charge in [0.2, 0.25) is 5.91 Å². The van der Waals surface area contributed by atoms with Crippen LogP contribution < -0.4 is 15.8 Å². The molecule has 3 rings (SSSR count). The van der Waals surface area contributed by atoms with E-state index in [1.165, 1.54) is 12.1 Å². The number of ether oxygens (including phenoxy) is 1. The van der Waals surface area contributed by atoms with Crippen LogP contribution in [-0.2, 0) is 6.42 Å². The Morgan fingerprint density at radius 2 is 2.17 bits per heavy atom. The molecule has 1 aliphatic rings. The zero-order chi connectivity index (χ0) is 16.9. The van der Waals surface area contributed by atoms with Gasteiger partial charge in [-0.1, -0.05) is 18.2 Å². The predicted molar refractivity (Wildman–Crippen MR) is 90.5 cm³/mol. The maximum Gasteiger partial charge on any atom is 0.248 e. The fourth-order valence-electron chi connectivity index (χ4n) is 3.03. The second-order valence-electron chi connectivity index (χ2n) is 5.99. The van der Waals surface area contributed by atoms with E-state index < -0.39 is 5.91 Å². The molecule has 0 bridgehead atoms. The summed E-state index contributed by atoms with van der Waals surface area (Å²) in [5.41, 5.74) is 7.89. The van der Waals surface area contributed by atoms with Crippen LogP contribution >= 0.6 is 0 Å². The summed E-state index contributed by atoms with van der Waals surface area (Å²) in [5, 5.41) is 3.52. The smallest absolute Gasteiger partial charge is 0.248 e. The maximum absolute atomic E-state index is 13.4. The molecule has 0 saturated carbocycles. The molecule has 0 aliphatic carbocycles. The van der Waals surface area contributed by atoms with Crippen molar-refractivity contribution in [2.24, 2.45) is 5.73 Å². The molecule has 5 heteroatoms. The third kappa shape index (κ3) is 3.92. The summed E-state index contributed by atoms with van der Waals surface area (Å²) >= 11 is 0. The number of amides is 1. The molecule has 0 fully saturated rings. The van der Waals surface area contributed by atoms with Crippen molar-refractivity contribution >= 4 is 5.91 Å². The lowest BCUT2D eigenvalue weighted by Gasteiger charge is -2.18. The molecular weight excluding hydrogens is 307 g/mol. The Morgan fingerprint density at radius 3 is 3.00 bits per heavy atom. The molecule has 24 heavy (non-hydrogen) atoms. The number of halogens is 1. The topological polar surface area (TPSA) is 64.4 Å². The Balaban J connectivity index is 1.65. The van der Waals surface area contributed by atoms with Gasteiger partial charge in [-0.2, -0.15) is 0 Å². The zero-order valence-corrected chi connectivity index (χ0v) is 13.4. The van der Waals surface area contributed by atoms with Crippen molar-refractivity contribution in [2.75, 3.05) is 13.2 Å². The van der Waals surface area contributed by atoms with Crippen LogP contribution in [0.4, 0.5) is 4.39 Å². The van der Waals surface area contributed by atoms with E-state index in [4.69, 9.17) is 10.5 Å². The normalized spacial score (nSPS) is 16.8. The van der Waals surface area contributed by atoms with Crippen LogP contribution in [0.3, 0.4) is 0 Å². The second-order valence-corrected chi connectivity index (χ2v) is 5.99. The summed E-state index contributed by atoms with van der Waals surface area (Å²) < 4.78 is 19.0. The Labute approximate surface area is 140 Å². The largest absolute Gasteiger partial charge is 0.493 e. The Morgan fingerprint density at radius 1 is 1.29 bits per heavy atom. The molecule has 3 N–H and O–H groups in total. The minimum atomic E-state index is -0.415. The van der Waals surface area contributed by atoms with Crippen LogP contribution in [0.2, 0.25) is 0 Å². The average Bonchev–Trinajstić information content (AvgIpc) is 2.77. The molecule has 1 atom stereocenters. The predicted octanol–water partition coefficient (Wildman–Crippen LogP) is 2.97. The van der Waals surface area contributed by atoms with Gasteiger partial charge in [0.15, 0.2) is 0 Å². The van der Waals surface area contributed by atoms with Crippen molar-refractivity contribution in [1.82, 2.24) is 5.32 Å². The van der Waals surface area contributed by atoms with Gasteiger partial charge in [-0.05, 0) is 49.6 Å². The van der Waals surface area contributed by atoms with E-state index in [0.29, 0.717) is 17.9 Å². The first-order chi connectivity index (χ1) is 11.6. The number of hydrogen-bond acceptors (Lipinski definition) is 3. The maximum atomic E-state index is 13.4. The van der Waals surface area contributed by atoms with Crippen LogP contribution in [0.1, 0.15) is 40.4 Å². The number of rotatable bonds is 5. The Hall–Kier alpha value is -2.40. The first kappa shape index (κ1) is 16.5. The SMILES string of the molecule is NC(=O)c1cccc(CCN[C@H]2CCCOc3cc(F)ccc32)c1. The van der Waals surface area contributed by atoms with Crippen molar-refractivity contribution < 1.29 is 13.9 Å². The highest BCUT2D eigenvalue weighted by molar-refractivity contribution is 5.92. The highest BCUT2D eigenvalue weighted by Gasteiger charge is 2.19. The quantitative estimate of drug-likeness (QED) is 0.887. The van der Waals surface area contributed by atoms with E-state index in [1.807, 2.05) is 18.2 Å². The summed E-state index contributed by atoms with van der Waals surface area (Å²) in [7, 11) is 0. The molecule has 2 aromatic carbocycles. The fraction of sp³-hybridized carbons (Fsp3) is 0.316. The lowest BCUT2D eigenvalue weighted by atomic mass is 10.0. The number of nitrogens with one attached hydrogen (secondary N) is 1. The molecule has 126 valence electrons. The molecule has 1 heterocycles. The van der Waals surface area contributed by atoms with Gasteiger partial charge in [-0.15, -0.1) is 0 Å². The van der Waals surface area contributed by atoms with Gasteiger partial charge in [-0.3, -0.25) is 4.79 Å². The molecule has 0 spiro atoms. The Kier molecular flexibility index (Phi) is 5.11. The van der Waals surface area contributed by atoms with Crippen molar-refractivity contribution in [3.63, 3.8) is 0 Å². The number of carbonyl (C=O) groups is 1. The Bertz CT molecular complexity index is 733. The lowest BCUT2D eigenvalue weighted by molar-refractivity contribution is 0.1000. The molecule has 0 saturated heterocycles. The van der Waals surface area contributed by atoms with E-state index >= 15 is 0 Å². The van der Waals surface area contributed by atoms with Crippen LogP contribution in [0.25, 0.3) is 0 Å². The molecule has 0 aromatic heterocycles. The van der Waals surface area contributed by atoms with Gasteiger partial charge in [0.1, 0.15) is 11.6 Å². The highest BCUT2D eigenvalue weighted by atomic mass is 19.1. The van der Waals surface area contributed by atoms with E-state index in [9.17, 15) is 9.18 Å². The van der Waals surface area contributed by atoms with Crippen molar-refractivity contribution in [2.45, 2.75) is 25.3 Å². The van der Waals surface area contributed by atoms with E-state index in [1.54, 1.807) is 12.1 Å². The average molecular weight is 328 g/mol. The molecular formula is C19H21FN2O2. The summed E-state index contributed by atoms with van der Waals surface area (Å²) in [5.74, 6) is -0.0694. The molecule has 4 nitrogen and oxygen atoms in total. The minimum absolute atomic E-state index is 0.141. The van der Waals surface area contributed by atoms with Gasteiger partial charge in [0, 0.05) is 23.2 Å². The van der Waals surface area contributed by atoms with Crippen LogP contribution in [0.15, 0.2) is 42.5 Å². The standard InChI is InChI=1S/C19H21FN2O2/c20-15-6-7-16-17(5-2-10-24-18(16)12-15)22-9-8-13-3-1-4-14(11-13)19(21)23/h1,3-4,6-7,11-12,17,22H,2,5,8-10H2,(H2,21,23)/t17-/m0/s1. The fourth-order valence-corrected chi connectivity index (χ4v) is 3.03. The van der Waals surface area contributed by atoms with Gasteiger partial charge in [0.25, 0.3) is 0 Å². The summed E-state index contributed by atoms with van der Waals surface area (Å²) in [6.07, 6.45) is 2.65. The number of carbonyl (C=O) groups excluding carboxylic acids is 1. The van der Waals surface area contributed by atoms with E-state index in [-0.39, 0.29) is 11.9 Å². The summed E-state index contributed by atoms with van der Waals surface area (Å²) in [4.78, 5) is 11.2. The first-order valence-electron chi connectivity index (χ1n) is 8.18. The van der Waals surface area contributed by atoms with Crippen molar-refractivity contribution in [3.05, 3.63) is 65.0 Å². The molecule has 2 aromatic rings. The van der Waals surface area contributed by atoms with Gasteiger partial charge in [0.05, 0.1) is 6.61 Å². The minimum Gasteiger partial charge on any atom is -0.493 e. The number of primary amides is 1. The molecule has 0 radical (unpaired) electrons. The third-order valence-corrected chi connectivity index (χ3v) is 4.26. The molecule has 0 unspecified atom stereocenters. The van der Waals surface area contributed by atoms with Gasteiger partial charge in [-0.25, -0.2) is 4.39 Å². The summed E-state index contributed by atoms with van der Waals surface area (Å²) in [6, 6.07) is 12.2. The monoisotopic (exact) mass is 328 g/mol. The number of benzene rings is 2. The van der Waals surface area contributed by atoms with Gasteiger partial charge >= 0.3 is 0 Å². The highest BCUT2D eigenvalue weighted by Crippen LogP contribution is 2.31. The number of hydrogen-bond donors (Lipinski definition) is 2. The zero-order valence-electron chi connectivity index (χ0n) is 13.4. The van der Waals surface area contributed by atoms with E-state index in [2.05, 4.69) is 5.32 Å². The molecule has 1 aliphatic heterocycles.